The first-order chi connectivity index (χ1) is 11.6. The largest absolute Gasteiger partial charge is 0.494 e. The first-order valence-corrected chi connectivity index (χ1v) is 7.96. The number of carbonyl (C=O) groups is 1. The summed E-state index contributed by atoms with van der Waals surface area (Å²) in [6.07, 6.45) is 2.68. The Hall–Kier alpha value is -2.34. The molecule has 6 heteroatoms. The lowest BCUT2D eigenvalue weighted by molar-refractivity contribution is 0.0636. The molecule has 1 aromatic carbocycles. The van der Waals surface area contributed by atoms with Crippen LogP contribution in [0, 0.1) is 5.82 Å². The fourth-order valence-corrected chi connectivity index (χ4v) is 3.19. The van der Waals surface area contributed by atoms with Crippen LogP contribution in [-0.2, 0) is 0 Å². The molecule has 2 heterocycles. The minimum Gasteiger partial charge on any atom is -0.494 e. The Morgan fingerprint density at radius 2 is 2.29 bits per heavy atom. The summed E-state index contributed by atoms with van der Waals surface area (Å²) in [6.45, 7) is 0.547. The predicted octanol–water partition coefficient (Wildman–Crippen LogP) is 3.16. The van der Waals surface area contributed by atoms with Crippen LogP contribution < -0.4 is 4.74 Å². The third-order valence-electron chi connectivity index (χ3n) is 4.42. The van der Waals surface area contributed by atoms with E-state index in [1.165, 1.54) is 25.5 Å². The summed E-state index contributed by atoms with van der Waals surface area (Å²) in [7, 11) is 1.37. The van der Waals surface area contributed by atoms with Crippen molar-refractivity contribution in [3.8, 4) is 5.75 Å². The number of amides is 1. The zero-order chi connectivity index (χ0) is 17.1. The Morgan fingerprint density at radius 3 is 3.00 bits per heavy atom. The van der Waals surface area contributed by atoms with E-state index in [-0.39, 0.29) is 23.3 Å². The molecule has 1 aliphatic heterocycles. The quantitative estimate of drug-likeness (QED) is 0.913. The van der Waals surface area contributed by atoms with E-state index in [1.54, 1.807) is 23.1 Å². The van der Waals surface area contributed by atoms with Gasteiger partial charge in [0.15, 0.2) is 11.6 Å². The van der Waals surface area contributed by atoms with Crippen molar-refractivity contribution in [1.29, 1.82) is 0 Å². The smallest absolute Gasteiger partial charge is 0.257 e. The molecule has 1 N–H and O–H groups in total. The Kier molecular flexibility index (Phi) is 4.85. The maximum Gasteiger partial charge on any atom is 0.257 e. The van der Waals surface area contributed by atoms with Gasteiger partial charge in [-0.25, -0.2) is 4.39 Å². The highest BCUT2D eigenvalue weighted by Crippen LogP contribution is 2.30. The fourth-order valence-electron chi connectivity index (χ4n) is 3.19. The third-order valence-corrected chi connectivity index (χ3v) is 4.42. The average molecular weight is 333 g/mol. The standard InChI is InChI=1S/C18H20FNO4/c1-23-16-7-2-6-13(17(16)19)18(22)20-9-3-5-12(20)11-14(21)15-8-4-10-24-15/h2,4,6-8,10,12,14,21H,3,5,9,11H2,1H3. The minimum atomic E-state index is -0.784. The molecule has 2 unspecified atom stereocenters. The van der Waals surface area contributed by atoms with Gasteiger partial charge in [0.25, 0.3) is 5.91 Å². The number of benzene rings is 1. The Labute approximate surface area is 139 Å². The van der Waals surface area contributed by atoms with Gasteiger partial charge >= 0.3 is 0 Å². The van der Waals surface area contributed by atoms with Crippen LogP contribution in [0.15, 0.2) is 41.0 Å². The van der Waals surface area contributed by atoms with Crippen LogP contribution in [-0.4, -0.2) is 35.6 Å². The van der Waals surface area contributed by atoms with E-state index in [0.717, 1.165) is 12.8 Å². The Balaban J connectivity index is 1.76. The van der Waals surface area contributed by atoms with Crippen molar-refractivity contribution >= 4 is 5.91 Å². The molecule has 0 saturated carbocycles. The van der Waals surface area contributed by atoms with E-state index in [2.05, 4.69) is 0 Å². The van der Waals surface area contributed by atoms with Gasteiger partial charge in [0, 0.05) is 19.0 Å². The van der Waals surface area contributed by atoms with Gasteiger partial charge < -0.3 is 19.2 Å². The summed E-state index contributed by atoms with van der Waals surface area (Å²) in [5, 5.41) is 10.3. The van der Waals surface area contributed by atoms with E-state index >= 15 is 0 Å². The molecule has 128 valence electrons. The minimum absolute atomic E-state index is 0.00580. The van der Waals surface area contributed by atoms with Gasteiger partial charge in [-0.15, -0.1) is 0 Å². The van der Waals surface area contributed by atoms with Crippen molar-refractivity contribution in [2.45, 2.75) is 31.4 Å². The van der Waals surface area contributed by atoms with Crippen LogP contribution in [0.3, 0.4) is 0 Å². The number of aliphatic hydroxyl groups is 1. The van der Waals surface area contributed by atoms with Crippen molar-refractivity contribution in [1.82, 2.24) is 4.90 Å². The molecule has 2 aromatic rings. The number of ether oxygens (including phenoxy) is 1. The van der Waals surface area contributed by atoms with Crippen LogP contribution >= 0.6 is 0 Å². The number of furan rings is 1. The van der Waals surface area contributed by atoms with E-state index in [9.17, 15) is 14.3 Å². The van der Waals surface area contributed by atoms with Crippen LogP contribution in [0.1, 0.15) is 41.5 Å². The van der Waals surface area contributed by atoms with Gasteiger partial charge in [-0.1, -0.05) is 6.07 Å². The summed E-state index contributed by atoms with van der Waals surface area (Å²) in [6, 6.07) is 7.79. The van der Waals surface area contributed by atoms with E-state index < -0.39 is 11.9 Å². The molecule has 5 nitrogen and oxygen atoms in total. The highest BCUT2D eigenvalue weighted by Gasteiger charge is 2.33. The Morgan fingerprint density at radius 1 is 1.46 bits per heavy atom. The SMILES string of the molecule is COc1cccc(C(=O)N2CCCC2CC(O)c2ccco2)c1F. The second-order valence-corrected chi connectivity index (χ2v) is 5.88. The number of nitrogens with zero attached hydrogens (tertiary/aromatic N) is 1. The molecule has 1 aromatic heterocycles. The fraction of sp³-hybridized carbons (Fsp3) is 0.389. The second kappa shape index (κ2) is 7.05. The van der Waals surface area contributed by atoms with Gasteiger partial charge in [0.05, 0.1) is 18.9 Å². The van der Waals surface area contributed by atoms with Crippen molar-refractivity contribution in [2.24, 2.45) is 0 Å². The second-order valence-electron chi connectivity index (χ2n) is 5.88. The molecular weight excluding hydrogens is 313 g/mol. The van der Waals surface area contributed by atoms with Gasteiger partial charge in [0.2, 0.25) is 0 Å². The number of methoxy groups -OCH3 is 1. The lowest BCUT2D eigenvalue weighted by Crippen LogP contribution is -2.37. The molecule has 0 aliphatic carbocycles. The first kappa shape index (κ1) is 16.5. The Bertz CT molecular complexity index is 701. The van der Waals surface area contributed by atoms with E-state index in [4.69, 9.17) is 9.15 Å². The number of carbonyl (C=O) groups excluding carboxylic acids is 1. The first-order valence-electron chi connectivity index (χ1n) is 7.96. The van der Waals surface area contributed by atoms with Gasteiger partial charge in [-0.3, -0.25) is 4.79 Å². The molecule has 0 spiro atoms. The molecule has 1 saturated heterocycles. The molecule has 24 heavy (non-hydrogen) atoms. The van der Waals surface area contributed by atoms with Crippen molar-refractivity contribution < 1.29 is 23.4 Å². The summed E-state index contributed by atoms with van der Waals surface area (Å²) in [5.41, 5.74) is -0.00580. The van der Waals surface area contributed by atoms with Crippen LogP contribution in [0.25, 0.3) is 0 Å². The highest BCUT2D eigenvalue weighted by atomic mass is 19.1. The van der Waals surface area contributed by atoms with Crippen LogP contribution in [0.2, 0.25) is 0 Å². The number of rotatable bonds is 5. The molecule has 1 amide bonds. The molecule has 1 fully saturated rings. The lowest BCUT2D eigenvalue weighted by Gasteiger charge is -2.26. The number of hydrogen-bond acceptors (Lipinski definition) is 4. The van der Waals surface area contributed by atoms with Gasteiger partial charge in [0.1, 0.15) is 11.9 Å². The molecule has 0 bridgehead atoms. The van der Waals surface area contributed by atoms with Crippen LogP contribution in [0.5, 0.6) is 5.75 Å². The zero-order valence-electron chi connectivity index (χ0n) is 13.4. The number of aliphatic hydroxyl groups excluding tert-OH is 1. The van der Waals surface area contributed by atoms with Crippen molar-refractivity contribution in [3.05, 3.63) is 53.7 Å². The maximum absolute atomic E-state index is 14.4. The van der Waals surface area contributed by atoms with Crippen molar-refractivity contribution in [3.63, 3.8) is 0 Å². The van der Waals surface area contributed by atoms with Crippen molar-refractivity contribution in [2.75, 3.05) is 13.7 Å². The summed E-state index contributed by atoms with van der Waals surface area (Å²) >= 11 is 0. The number of hydrogen-bond donors (Lipinski definition) is 1. The van der Waals surface area contributed by atoms with Crippen LogP contribution in [0.4, 0.5) is 4.39 Å². The predicted molar refractivity (Wildman–Crippen MR) is 85.3 cm³/mol. The molecule has 2 atom stereocenters. The van der Waals surface area contributed by atoms with Gasteiger partial charge in [-0.2, -0.15) is 0 Å². The zero-order valence-corrected chi connectivity index (χ0v) is 13.4. The molecule has 1 aliphatic rings. The normalized spacial score (nSPS) is 18.6. The summed E-state index contributed by atoms with van der Waals surface area (Å²) in [5.74, 6) is -0.503. The summed E-state index contributed by atoms with van der Waals surface area (Å²) in [4.78, 5) is 14.4. The molecular formula is C18H20FNO4. The van der Waals surface area contributed by atoms with Gasteiger partial charge in [-0.05, 0) is 37.1 Å². The third kappa shape index (κ3) is 3.14. The van der Waals surface area contributed by atoms with E-state index in [1.807, 2.05) is 0 Å². The monoisotopic (exact) mass is 333 g/mol. The molecule has 3 rings (SSSR count). The lowest BCUT2D eigenvalue weighted by atomic mass is 10.0. The summed E-state index contributed by atoms with van der Waals surface area (Å²) < 4.78 is 24.5. The molecule has 0 radical (unpaired) electrons. The van der Waals surface area contributed by atoms with E-state index in [0.29, 0.717) is 18.7 Å². The maximum atomic E-state index is 14.4. The number of likely N-dealkylation sites (tertiary alicyclic amines) is 1. The number of halogens is 1. The topological polar surface area (TPSA) is 62.9 Å². The highest BCUT2D eigenvalue weighted by molar-refractivity contribution is 5.95. The average Bonchev–Trinajstić information content (AvgIpc) is 3.26.